The predicted octanol–water partition coefficient (Wildman–Crippen LogP) is 3.13. The molecule has 4 atom stereocenters. The van der Waals surface area contributed by atoms with Gasteiger partial charge in [0.05, 0.1) is 17.4 Å². The molecule has 0 bridgehead atoms. The highest BCUT2D eigenvalue weighted by molar-refractivity contribution is 6.07. The highest BCUT2D eigenvalue weighted by Gasteiger charge is 2.56. The third kappa shape index (κ3) is 5.45. The topological polar surface area (TPSA) is 123 Å². The van der Waals surface area contributed by atoms with E-state index in [0.29, 0.717) is 25.1 Å². The van der Waals surface area contributed by atoms with Crippen LogP contribution in [0.2, 0.25) is 0 Å². The predicted molar refractivity (Wildman–Crippen MR) is 144 cm³/mol. The van der Waals surface area contributed by atoms with E-state index in [0.717, 1.165) is 5.56 Å². The maximum Gasteiger partial charge on any atom is 0.410 e. The summed E-state index contributed by atoms with van der Waals surface area (Å²) in [6, 6.07) is 8.03. The number of hydrogen-bond acceptors (Lipinski definition) is 6. The SMILES string of the molecule is CC(C)C[C@@H](C(=O)N1C[C@]2(C[C@H]1C#N)C(=O)Nc1ccccc12)N(C)C(=O)[C@H]1CCN(C(=O)OC(C)(C)C)C1. The smallest absolute Gasteiger partial charge is 0.410 e. The lowest BCUT2D eigenvalue weighted by Gasteiger charge is -2.34. The number of nitrogens with one attached hydrogen (secondary N) is 1. The van der Waals surface area contributed by atoms with E-state index in [1.165, 1.54) is 14.7 Å². The molecule has 0 aliphatic carbocycles. The fraction of sp³-hybridized carbons (Fsp3) is 0.621. The number of ether oxygens (including phenoxy) is 1. The van der Waals surface area contributed by atoms with Crippen molar-refractivity contribution in [1.29, 1.82) is 5.26 Å². The molecule has 10 heteroatoms. The number of carbonyl (C=O) groups is 4. The largest absolute Gasteiger partial charge is 0.444 e. The number of likely N-dealkylation sites (tertiary alicyclic amines) is 2. The lowest BCUT2D eigenvalue weighted by molar-refractivity contribution is -0.147. The van der Waals surface area contributed by atoms with Gasteiger partial charge >= 0.3 is 6.09 Å². The molecule has 1 spiro atoms. The molecule has 1 N–H and O–H groups in total. The number of nitrogens with zero attached hydrogens (tertiary/aromatic N) is 4. The number of benzene rings is 1. The lowest BCUT2D eigenvalue weighted by atomic mass is 9.80. The Morgan fingerprint density at radius 2 is 1.95 bits per heavy atom. The molecule has 2 fully saturated rings. The van der Waals surface area contributed by atoms with Crippen LogP contribution in [0.25, 0.3) is 0 Å². The van der Waals surface area contributed by atoms with Crippen molar-refractivity contribution in [2.45, 2.75) is 77.0 Å². The first-order chi connectivity index (χ1) is 18.3. The number of nitriles is 1. The number of fused-ring (bicyclic) bond motifs is 2. The fourth-order valence-electron chi connectivity index (χ4n) is 5.94. The molecular weight excluding hydrogens is 498 g/mol. The summed E-state index contributed by atoms with van der Waals surface area (Å²) in [4.78, 5) is 57.8. The summed E-state index contributed by atoms with van der Waals surface area (Å²) in [6.45, 7) is 10.1. The minimum atomic E-state index is -0.989. The van der Waals surface area contributed by atoms with Gasteiger partial charge in [-0.25, -0.2) is 4.79 Å². The molecule has 3 heterocycles. The quantitative estimate of drug-likeness (QED) is 0.616. The Morgan fingerprint density at radius 3 is 2.59 bits per heavy atom. The van der Waals surface area contributed by atoms with Crippen LogP contribution in [0.1, 0.15) is 59.4 Å². The van der Waals surface area contributed by atoms with E-state index >= 15 is 0 Å². The zero-order chi connectivity index (χ0) is 28.7. The third-order valence-corrected chi connectivity index (χ3v) is 7.90. The minimum absolute atomic E-state index is 0.0827. The van der Waals surface area contributed by atoms with Crippen molar-refractivity contribution in [3.63, 3.8) is 0 Å². The fourth-order valence-corrected chi connectivity index (χ4v) is 5.94. The normalized spacial score (nSPS) is 24.9. The number of rotatable bonds is 5. The molecule has 210 valence electrons. The molecule has 4 rings (SSSR count). The Balaban J connectivity index is 1.53. The molecule has 39 heavy (non-hydrogen) atoms. The van der Waals surface area contributed by atoms with Crippen molar-refractivity contribution in [1.82, 2.24) is 14.7 Å². The molecule has 3 aliphatic heterocycles. The zero-order valence-corrected chi connectivity index (χ0v) is 23.7. The van der Waals surface area contributed by atoms with Crippen LogP contribution in [0.4, 0.5) is 10.5 Å². The van der Waals surface area contributed by atoms with Gasteiger partial charge in [-0.15, -0.1) is 0 Å². The van der Waals surface area contributed by atoms with Gasteiger partial charge in [-0.2, -0.15) is 5.26 Å². The summed E-state index contributed by atoms with van der Waals surface area (Å²) in [5.41, 5.74) is -0.123. The highest BCUT2D eigenvalue weighted by atomic mass is 16.6. The van der Waals surface area contributed by atoms with E-state index in [-0.39, 0.29) is 43.1 Å². The van der Waals surface area contributed by atoms with Crippen LogP contribution in [0.5, 0.6) is 0 Å². The number of hydrogen-bond donors (Lipinski definition) is 1. The van der Waals surface area contributed by atoms with Gasteiger partial charge in [0.25, 0.3) is 0 Å². The van der Waals surface area contributed by atoms with Gasteiger partial charge in [-0.1, -0.05) is 32.0 Å². The maximum absolute atomic E-state index is 14.1. The third-order valence-electron chi connectivity index (χ3n) is 7.90. The molecular formula is C29H39N5O5. The van der Waals surface area contributed by atoms with Gasteiger partial charge in [-0.3, -0.25) is 14.4 Å². The van der Waals surface area contributed by atoms with Crippen molar-refractivity contribution in [2.75, 3.05) is 32.0 Å². The number of amides is 4. The summed E-state index contributed by atoms with van der Waals surface area (Å²) < 4.78 is 5.46. The van der Waals surface area contributed by atoms with E-state index in [1.807, 2.05) is 38.1 Å². The molecule has 2 saturated heterocycles. The number of para-hydroxylation sites is 1. The molecule has 1 aromatic carbocycles. The molecule has 10 nitrogen and oxygen atoms in total. The van der Waals surface area contributed by atoms with E-state index in [9.17, 15) is 24.4 Å². The summed E-state index contributed by atoms with van der Waals surface area (Å²) in [6.07, 6.45) is 0.644. The van der Waals surface area contributed by atoms with Crippen molar-refractivity contribution in [3.8, 4) is 6.07 Å². The first-order valence-corrected chi connectivity index (χ1v) is 13.6. The summed E-state index contributed by atoms with van der Waals surface area (Å²) in [5.74, 6) is -1.11. The Kier molecular flexibility index (Phi) is 7.66. The van der Waals surface area contributed by atoms with Crippen LogP contribution < -0.4 is 5.32 Å². The standard InChI is InChI=1S/C29H39N5O5/c1-18(2)13-23(32(6)24(35)19-11-12-33(16-19)27(38)39-28(3,4)5)25(36)34-17-29(14-20(34)15-30)21-9-7-8-10-22(21)31-26(29)37/h7-10,18-20,23H,11-14,16-17H2,1-6H3,(H,31,37)/t19-,20-,23-,29-/m0/s1. The van der Waals surface area contributed by atoms with Crippen LogP contribution in [0, 0.1) is 23.2 Å². The molecule has 0 saturated carbocycles. The Hall–Kier alpha value is -3.61. The van der Waals surface area contributed by atoms with Gasteiger partial charge in [0.2, 0.25) is 17.7 Å². The average molecular weight is 538 g/mol. The van der Waals surface area contributed by atoms with Gasteiger partial charge < -0.3 is 24.8 Å². The second-order valence-electron chi connectivity index (χ2n) is 12.4. The maximum atomic E-state index is 14.1. The summed E-state index contributed by atoms with van der Waals surface area (Å²) in [5, 5.41) is 12.9. The second-order valence-corrected chi connectivity index (χ2v) is 12.4. The number of carbonyl (C=O) groups excluding carboxylic acids is 4. The zero-order valence-electron chi connectivity index (χ0n) is 23.7. The average Bonchev–Trinajstić information content (AvgIpc) is 3.57. The summed E-state index contributed by atoms with van der Waals surface area (Å²) >= 11 is 0. The van der Waals surface area contributed by atoms with Crippen LogP contribution in [0.3, 0.4) is 0 Å². The van der Waals surface area contributed by atoms with Gasteiger partial charge in [0.1, 0.15) is 17.7 Å². The number of anilines is 1. The van der Waals surface area contributed by atoms with Gasteiger partial charge in [0.15, 0.2) is 0 Å². The molecule has 1 aromatic rings. The second kappa shape index (κ2) is 10.5. The van der Waals surface area contributed by atoms with Gasteiger partial charge in [0, 0.05) is 38.8 Å². The monoisotopic (exact) mass is 537 g/mol. The van der Waals surface area contributed by atoms with E-state index in [4.69, 9.17) is 4.74 Å². The van der Waals surface area contributed by atoms with Crippen LogP contribution >= 0.6 is 0 Å². The molecule has 0 radical (unpaired) electrons. The molecule has 4 amide bonds. The van der Waals surface area contributed by atoms with E-state index < -0.39 is 35.1 Å². The first kappa shape index (κ1) is 28.4. The van der Waals surface area contributed by atoms with Crippen molar-refractivity contribution in [3.05, 3.63) is 29.8 Å². The molecule has 3 aliphatic rings. The first-order valence-electron chi connectivity index (χ1n) is 13.6. The van der Waals surface area contributed by atoms with Crippen LogP contribution in [0.15, 0.2) is 24.3 Å². The Bertz CT molecular complexity index is 1200. The van der Waals surface area contributed by atoms with E-state index in [2.05, 4.69) is 11.4 Å². The van der Waals surface area contributed by atoms with E-state index in [1.54, 1.807) is 27.8 Å². The highest BCUT2D eigenvalue weighted by Crippen LogP contribution is 2.46. The van der Waals surface area contributed by atoms with Gasteiger partial charge in [-0.05, 0) is 51.2 Å². The Morgan fingerprint density at radius 1 is 1.26 bits per heavy atom. The lowest BCUT2D eigenvalue weighted by Crippen LogP contribution is -2.53. The van der Waals surface area contributed by atoms with Crippen LogP contribution in [-0.2, 0) is 24.5 Å². The molecule has 0 aromatic heterocycles. The minimum Gasteiger partial charge on any atom is -0.444 e. The Labute approximate surface area is 230 Å². The van der Waals surface area contributed by atoms with Crippen molar-refractivity contribution in [2.24, 2.45) is 11.8 Å². The number of likely N-dealkylation sites (N-methyl/N-ethyl adjacent to an activating group) is 1. The van der Waals surface area contributed by atoms with Crippen LogP contribution in [-0.4, -0.2) is 82.9 Å². The van der Waals surface area contributed by atoms with Crippen molar-refractivity contribution < 1.29 is 23.9 Å². The molecule has 0 unspecified atom stereocenters. The van der Waals surface area contributed by atoms with Crippen molar-refractivity contribution >= 4 is 29.5 Å². The summed E-state index contributed by atoms with van der Waals surface area (Å²) in [7, 11) is 1.62.